The number of benzene rings is 1. The zero-order valence-corrected chi connectivity index (χ0v) is 14.9. The van der Waals surface area contributed by atoms with Crippen molar-refractivity contribution in [2.45, 2.75) is 13.0 Å². The van der Waals surface area contributed by atoms with Crippen LogP contribution in [0.2, 0.25) is 0 Å². The fourth-order valence-corrected chi connectivity index (χ4v) is 4.02. The lowest BCUT2D eigenvalue weighted by Gasteiger charge is -2.17. The Hall–Kier alpha value is -1.46. The molecule has 0 aliphatic carbocycles. The van der Waals surface area contributed by atoms with Gasteiger partial charge in [-0.15, -0.1) is 0 Å². The van der Waals surface area contributed by atoms with Crippen LogP contribution in [-0.4, -0.2) is 54.9 Å². The molecule has 1 atom stereocenters. The van der Waals surface area contributed by atoms with E-state index in [0.717, 1.165) is 41.8 Å². The van der Waals surface area contributed by atoms with Crippen LogP contribution in [0.25, 0.3) is 11.0 Å². The molecule has 0 bridgehead atoms. The summed E-state index contributed by atoms with van der Waals surface area (Å²) in [6.07, 6.45) is 3.22. The van der Waals surface area contributed by atoms with Gasteiger partial charge in [-0.1, -0.05) is 18.2 Å². The van der Waals surface area contributed by atoms with Crippen LogP contribution in [0.3, 0.4) is 0 Å². The van der Waals surface area contributed by atoms with Gasteiger partial charge in [0.2, 0.25) is 0 Å². The van der Waals surface area contributed by atoms with Crippen molar-refractivity contribution in [2.24, 2.45) is 5.92 Å². The fraction of sp³-hybridized carbons (Fsp3) is 0.500. The maximum atomic E-state index is 13.0. The van der Waals surface area contributed by atoms with E-state index in [0.29, 0.717) is 18.2 Å². The highest BCUT2D eigenvalue weighted by Crippen LogP contribution is 2.29. The number of furan rings is 1. The molecule has 3 rings (SSSR count). The summed E-state index contributed by atoms with van der Waals surface area (Å²) in [7, 11) is 4.03. The van der Waals surface area contributed by atoms with E-state index in [1.54, 1.807) is 0 Å². The second kappa shape index (κ2) is 6.97. The number of amides is 1. The molecule has 1 amide bonds. The molecule has 0 saturated carbocycles. The molecule has 0 N–H and O–H groups in total. The van der Waals surface area contributed by atoms with Gasteiger partial charge in [-0.3, -0.25) is 4.79 Å². The third-order valence-corrected chi connectivity index (χ3v) is 5.15. The minimum Gasteiger partial charge on any atom is -0.451 e. The summed E-state index contributed by atoms with van der Waals surface area (Å²) in [5.41, 5.74) is 1.80. The molecule has 23 heavy (non-hydrogen) atoms. The lowest BCUT2D eigenvalue weighted by Crippen LogP contribution is -2.29. The zero-order chi connectivity index (χ0) is 16.4. The van der Waals surface area contributed by atoms with Gasteiger partial charge in [0.25, 0.3) is 5.91 Å². The average Bonchev–Trinajstić information content (AvgIpc) is 3.12. The molecular weight excluding hydrogens is 308 g/mol. The molecule has 0 radical (unpaired) electrons. The van der Waals surface area contributed by atoms with E-state index in [1.807, 2.05) is 55.0 Å². The van der Waals surface area contributed by atoms with Gasteiger partial charge in [0.05, 0.1) is 0 Å². The molecule has 2 aromatic rings. The van der Waals surface area contributed by atoms with E-state index in [4.69, 9.17) is 4.42 Å². The molecule has 1 aromatic carbocycles. The first-order chi connectivity index (χ1) is 11.1. The number of fused-ring (bicyclic) bond motifs is 1. The maximum Gasteiger partial charge on any atom is 0.289 e. The molecule has 1 aliphatic heterocycles. The Morgan fingerprint density at radius 1 is 1.39 bits per heavy atom. The van der Waals surface area contributed by atoms with E-state index in [2.05, 4.69) is 11.2 Å². The van der Waals surface area contributed by atoms with E-state index in [9.17, 15) is 4.79 Å². The van der Waals surface area contributed by atoms with Crippen molar-refractivity contribution in [3.63, 3.8) is 0 Å². The van der Waals surface area contributed by atoms with Crippen LogP contribution in [0.15, 0.2) is 28.7 Å². The number of thioether (sulfide) groups is 1. The van der Waals surface area contributed by atoms with E-state index >= 15 is 0 Å². The third-order valence-electron chi connectivity index (χ3n) is 4.34. The molecular formula is C18H24N2O2S. The third kappa shape index (κ3) is 3.40. The SMILES string of the molecule is CSC[C@H]1CCN(C(=O)c2oc3ccccc3c2CN(C)C)C1. The Morgan fingerprint density at radius 3 is 2.91 bits per heavy atom. The number of hydrogen-bond acceptors (Lipinski definition) is 4. The van der Waals surface area contributed by atoms with Gasteiger partial charge >= 0.3 is 0 Å². The summed E-state index contributed by atoms with van der Waals surface area (Å²) in [5.74, 6) is 2.29. The number of rotatable bonds is 5. The molecule has 1 saturated heterocycles. The lowest BCUT2D eigenvalue weighted by atomic mass is 10.1. The second-order valence-corrected chi connectivity index (χ2v) is 7.42. The molecule has 1 aliphatic rings. The van der Waals surface area contributed by atoms with Crippen molar-refractivity contribution in [1.82, 2.24) is 9.80 Å². The summed E-state index contributed by atoms with van der Waals surface area (Å²) in [6.45, 7) is 2.39. The minimum atomic E-state index is 0.0432. The highest BCUT2D eigenvalue weighted by Gasteiger charge is 2.30. The normalized spacial score (nSPS) is 18.3. The second-order valence-electron chi connectivity index (χ2n) is 6.50. The molecule has 2 heterocycles. The van der Waals surface area contributed by atoms with E-state index < -0.39 is 0 Å². The minimum absolute atomic E-state index is 0.0432. The number of nitrogens with zero attached hydrogens (tertiary/aromatic N) is 2. The smallest absolute Gasteiger partial charge is 0.289 e. The number of carbonyl (C=O) groups excluding carboxylic acids is 1. The fourth-order valence-electron chi connectivity index (χ4n) is 3.28. The first-order valence-corrected chi connectivity index (χ1v) is 9.43. The monoisotopic (exact) mass is 332 g/mol. The van der Waals surface area contributed by atoms with Crippen molar-refractivity contribution >= 4 is 28.6 Å². The molecule has 0 unspecified atom stereocenters. The van der Waals surface area contributed by atoms with Crippen molar-refractivity contribution < 1.29 is 9.21 Å². The topological polar surface area (TPSA) is 36.7 Å². The number of para-hydroxylation sites is 1. The van der Waals surface area contributed by atoms with Gasteiger partial charge in [0, 0.05) is 30.6 Å². The van der Waals surface area contributed by atoms with Crippen molar-refractivity contribution in [3.05, 3.63) is 35.6 Å². The highest BCUT2D eigenvalue weighted by molar-refractivity contribution is 7.98. The van der Waals surface area contributed by atoms with Crippen LogP contribution in [0.4, 0.5) is 0 Å². The molecule has 4 nitrogen and oxygen atoms in total. The van der Waals surface area contributed by atoms with Gasteiger partial charge < -0.3 is 14.2 Å². The van der Waals surface area contributed by atoms with Crippen LogP contribution >= 0.6 is 11.8 Å². The van der Waals surface area contributed by atoms with Crippen molar-refractivity contribution in [3.8, 4) is 0 Å². The predicted octanol–water partition coefficient (Wildman–Crippen LogP) is 3.32. The molecule has 0 spiro atoms. The Morgan fingerprint density at radius 2 is 2.17 bits per heavy atom. The maximum absolute atomic E-state index is 13.0. The first kappa shape index (κ1) is 16.4. The predicted molar refractivity (Wildman–Crippen MR) is 96.0 cm³/mol. The first-order valence-electron chi connectivity index (χ1n) is 8.03. The Kier molecular flexibility index (Phi) is 4.97. The molecule has 1 aromatic heterocycles. The number of carbonyl (C=O) groups is 1. The van der Waals surface area contributed by atoms with Gasteiger partial charge in [-0.05, 0) is 44.5 Å². The Bertz CT molecular complexity index is 695. The van der Waals surface area contributed by atoms with Gasteiger partial charge in [-0.2, -0.15) is 11.8 Å². The largest absolute Gasteiger partial charge is 0.451 e. The average molecular weight is 332 g/mol. The van der Waals surface area contributed by atoms with Gasteiger partial charge in [-0.25, -0.2) is 0 Å². The van der Waals surface area contributed by atoms with Crippen LogP contribution in [0.5, 0.6) is 0 Å². The standard InChI is InChI=1S/C18H24N2O2S/c1-19(2)11-15-14-6-4-5-7-16(14)22-17(15)18(21)20-9-8-13(10-20)12-23-3/h4-7,13H,8-12H2,1-3H3/t13-/m0/s1. The van der Waals surface area contributed by atoms with E-state index in [1.165, 1.54) is 0 Å². The zero-order valence-electron chi connectivity index (χ0n) is 14.0. The van der Waals surface area contributed by atoms with E-state index in [-0.39, 0.29) is 5.91 Å². The van der Waals surface area contributed by atoms with Crippen LogP contribution in [0, 0.1) is 5.92 Å². The van der Waals surface area contributed by atoms with Crippen molar-refractivity contribution in [1.29, 1.82) is 0 Å². The summed E-state index contributed by atoms with van der Waals surface area (Å²) < 4.78 is 5.95. The molecule has 5 heteroatoms. The number of hydrogen-bond donors (Lipinski definition) is 0. The molecule has 124 valence electrons. The van der Waals surface area contributed by atoms with Gasteiger partial charge in [0.15, 0.2) is 5.76 Å². The van der Waals surface area contributed by atoms with Crippen LogP contribution in [0.1, 0.15) is 22.5 Å². The lowest BCUT2D eigenvalue weighted by molar-refractivity contribution is 0.0756. The highest BCUT2D eigenvalue weighted by atomic mass is 32.2. The van der Waals surface area contributed by atoms with Gasteiger partial charge in [0.1, 0.15) is 5.58 Å². The summed E-state index contributed by atoms with van der Waals surface area (Å²) >= 11 is 1.86. The van der Waals surface area contributed by atoms with Crippen LogP contribution in [-0.2, 0) is 6.54 Å². The molecule has 1 fully saturated rings. The summed E-state index contributed by atoms with van der Waals surface area (Å²) in [5, 5.41) is 1.05. The Balaban J connectivity index is 1.91. The quantitative estimate of drug-likeness (QED) is 0.842. The van der Waals surface area contributed by atoms with Crippen molar-refractivity contribution in [2.75, 3.05) is 39.2 Å². The summed E-state index contributed by atoms with van der Waals surface area (Å²) in [4.78, 5) is 17.0. The van der Waals surface area contributed by atoms with Crippen LogP contribution < -0.4 is 0 Å². The Labute approximate surface area is 141 Å². The number of likely N-dealkylation sites (tertiary alicyclic amines) is 1. The summed E-state index contributed by atoms with van der Waals surface area (Å²) in [6, 6.07) is 7.92.